The first-order valence-electron chi connectivity index (χ1n) is 14.4. The van der Waals surface area contributed by atoms with Crippen LogP contribution in [0.15, 0.2) is 61.2 Å². The molecule has 1 saturated carbocycles. The summed E-state index contributed by atoms with van der Waals surface area (Å²) in [5.41, 5.74) is 10.8. The standard InChI is InChI=1S/C31H34FN9/c1-39-12-14-40(15-13-39)24-8-10-25(11-9-24)41-18-26(28-29(33)35-19-36-30(28)41)20-3-6-23(7-4-20)37-31-34-17-21-2-5-22(32)16-27(21)38-31/h2-7,16-19,24-25H,8-15H2,1H3,(H2,33,35,36)(H,34,37,38)/t24-,25-. The normalized spacial score (nSPS) is 20.5. The first kappa shape index (κ1) is 25.8. The molecule has 0 unspecified atom stereocenters. The van der Waals surface area contributed by atoms with Crippen molar-refractivity contribution in [2.75, 3.05) is 44.3 Å². The molecule has 2 aromatic carbocycles. The average Bonchev–Trinajstić information content (AvgIpc) is 3.39. The molecule has 3 N–H and O–H groups in total. The van der Waals surface area contributed by atoms with E-state index >= 15 is 0 Å². The second-order valence-corrected chi connectivity index (χ2v) is 11.3. The lowest BCUT2D eigenvalue weighted by molar-refractivity contribution is 0.0828. The molecule has 1 aliphatic carbocycles. The van der Waals surface area contributed by atoms with Gasteiger partial charge in [-0.05, 0) is 62.6 Å². The predicted octanol–water partition coefficient (Wildman–Crippen LogP) is 5.24. The second-order valence-electron chi connectivity index (χ2n) is 11.3. The van der Waals surface area contributed by atoms with Crippen LogP contribution in [-0.2, 0) is 0 Å². The van der Waals surface area contributed by atoms with E-state index in [2.05, 4.69) is 65.0 Å². The zero-order valence-corrected chi connectivity index (χ0v) is 23.2. The Morgan fingerprint density at radius 3 is 2.44 bits per heavy atom. The zero-order chi connectivity index (χ0) is 27.9. The molecule has 5 aromatic rings. The number of nitrogens with one attached hydrogen (secondary N) is 1. The first-order valence-corrected chi connectivity index (χ1v) is 14.4. The molecule has 4 heterocycles. The Bertz CT molecular complexity index is 1680. The number of rotatable bonds is 5. The molecule has 7 rings (SSSR count). The molecular formula is C31H34FN9. The summed E-state index contributed by atoms with van der Waals surface area (Å²) in [5, 5.41) is 4.91. The Hall–Kier alpha value is -4.15. The van der Waals surface area contributed by atoms with Gasteiger partial charge in [-0.1, -0.05) is 12.1 Å². The van der Waals surface area contributed by atoms with E-state index in [9.17, 15) is 4.39 Å². The number of hydrogen-bond donors (Lipinski definition) is 2. The summed E-state index contributed by atoms with van der Waals surface area (Å²) in [7, 11) is 2.21. The summed E-state index contributed by atoms with van der Waals surface area (Å²) >= 11 is 0. The molecule has 3 aromatic heterocycles. The summed E-state index contributed by atoms with van der Waals surface area (Å²) in [4.78, 5) is 22.9. The Morgan fingerprint density at radius 1 is 0.902 bits per heavy atom. The number of aromatic nitrogens is 5. The SMILES string of the molecule is CN1CCN([C@H]2CC[C@H](n3cc(-c4ccc(Nc5ncc6ccc(F)cc6n5)cc4)c4c(N)ncnc43)CC2)CC1. The molecule has 0 radical (unpaired) electrons. The quantitative estimate of drug-likeness (QED) is 0.306. The number of nitrogen functional groups attached to an aromatic ring is 1. The molecule has 10 heteroatoms. The van der Waals surface area contributed by atoms with Crippen molar-refractivity contribution in [3.8, 4) is 11.1 Å². The Morgan fingerprint density at radius 2 is 1.66 bits per heavy atom. The van der Waals surface area contributed by atoms with Crippen LogP contribution in [0.3, 0.4) is 0 Å². The van der Waals surface area contributed by atoms with Crippen LogP contribution in [0, 0.1) is 5.82 Å². The lowest BCUT2D eigenvalue weighted by Gasteiger charge is -2.41. The van der Waals surface area contributed by atoms with E-state index in [1.165, 1.54) is 38.1 Å². The highest BCUT2D eigenvalue weighted by atomic mass is 19.1. The molecule has 1 saturated heterocycles. The average molecular weight is 552 g/mol. The van der Waals surface area contributed by atoms with E-state index < -0.39 is 0 Å². The van der Waals surface area contributed by atoms with E-state index in [1.807, 2.05) is 12.1 Å². The van der Waals surface area contributed by atoms with Crippen molar-refractivity contribution in [1.82, 2.24) is 34.3 Å². The zero-order valence-electron chi connectivity index (χ0n) is 23.2. The molecular weight excluding hydrogens is 517 g/mol. The van der Waals surface area contributed by atoms with Crippen molar-refractivity contribution in [3.63, 3.8) is 0 Å². The van der Waals surface area contributed by atoms with Gasteiger partial charge in [0.25, 0.3) is 0 Å². The largest absolute Gasteiger partial charge is 0.383 e. The van der Waals surface area contributed by atoms with Gasteiger partial charge in [-0.3, -0.25) is 4.90 Å². The summed E-state index contributed by atoms with van der Waals surface area (Å²) in [6, 6.07) is 13.6. The molecule has 210 valence electrons. The van der Waals surface area contributed by atoms with Gasteiger partial charge in [0.1, 0.15) is 23.6 Å². The first-order chi connectivity index (χ1) is 20.0. The van der Waals surface area contributed by atoms with E-state index in [0.717, 1.165) is 59.2 Å². The van der Waals surface area contributed by atoms with Crippen molar-refractivity contribution in [3.05, 3.63) is 67.0 Å². The van der Waals surface area contributed by atoms with Gasteiger partial charge in [0.2, 0.25) is 5.95 Å². The minimum absolute atomic E-state index is 0.322. The number of hydrogen-bond acceptors (Lipinski definition) is 8. The van der Waals surface area contributed by atoms with Crippen LogP contribution in [0.5, 0.6) is 0 Å². The van der Waals surface area contributed by atoms with Gasteiger partial charge in [-0.15, -0.1) is 0 Å². The van der Waals surface area contributed by atoms with E-state index in [1.54, 1.807) is 18.6 Å². The minimum Gasteiger partial charge on any atom is -0.383 e. The van der Waals surface area contributed by atoms with Crippen LogP contribution in [0.25, 0.3) is 33.1 Å². The topological polar surface area (TPSA) is 101 Å². The van der Waals surface area contributed by atoms with E-state index in [-0.39, 0.29) is 5.82 Å². The maximum atomic E-state index is 13.7. The Labute approximate surface area is 238 Å². The van der Waals surface area contributed by atoms with Gasteiger partial charge < -0.3 is 20.5 Å². The Balaban J connectivity index is 1.12. The number of nitrogens with two attached hydrogens (primary N) is 1. The van der Waals surface area contributed by atoms with Crippen molar-refractivity contribution in [1.29, 1.82) is 0 Å². The molecule has 0 bridgehead atoms. The van der Waals surface area contributed by atoms with Crippen molar-refractivity contribution in [2.45, 2.75) is 37.8 Å². The third-order valence-electron chi connectivity index (χ3n) is 8.75. The predicted molar refractivity (Wildman–Crippen MR) is 161 cm³/mol. The van der Waals surface area contributed by atoms with Crippen LogP contribution in [0.1, 0.15) is 31.7 Å². The van der Waals surface area contributed by atoms with Crippen LogP contribution in [0.2, 0.25) is 0 Å². The summed E-state index contributed by atoms with van der Waals surface area (Å²) in [6.07, 6.45) is 10.1. The molecule has 2 fully saturated rings. The third-order valence-corrected chi connectivity index (χ3v) is 8.75. The van der Waals surface area contributed by atoms with Crippen LogP contribution >= 0.6 is 0 Å². The highest BCUT2D eigenvalue weighted by Gasteiger charge is 2.30. The van der Waals surface area contributed by atoms with Gasteiger partial charge in [0.05, 0.1) is 10.9 Å². The molecule has 0 spiro atoms. The smallest absolute Gasteiger partial charge is 0.227 e. The van der Waals surface area contributed by atoms with Gasteiger partial charge in [0.15, 0.2) is 0 Å². The number of halogens is 1. The van der Waals surface area contributed by atoms with Gasteiger partial charge >= 0.3 is 0 Å². The van der Waals surface area contributed by atoms with Crippen molar-refractivity contribution >= 4 is 39.4 Å². The van der Waals surface area contributed by atoms with E-state index in [4.69, 9.17) is 5.73 Å². The van der Waals surface area contributed by atoms with Crippen molar-refractivity contribution in [2.24, 2.45) is 0 Å². The number of benzene rings is 2. The third kappa shape index (κ3) is 5.09. The fraction of sp³-hybridized carbons (Fsp3) is 0.355. The van der Waals surface area contributed by atoms with Crippen LogP contribution in [0.4, 0.5) is 21.8 Å². The maximum Gasteiger partial charge on any atom is 0.227 e. The number of nitrogens with zero attached hydrogens (tertiary/aromatic N) is 7. The Kier molecular flexibility index (Phi) is 6.72. The van der Waals surface area contributed by atoms with Gasteiger partial charge in [-0.25, -0.2) is 24.3 Å². The molecule has 9 nitrogen and oxygen atoms in total. The molecule has 2 aliphatic rings. The molecule has 0 atom stereocenters. The highest BCUT2D eigenvalue weighted by molar-refractivity contribution is 6.00. The molecule has 0 amide bonds. The number of fused-ring (bicyclic) bond motifs is 2. The van der Waals surface area contributed by atoms with Crippen molar-refractivity contribution < 1.29 is 4.39 Å². The summed E-state index contributed by atoms with van der Waals surface area (Å²) in [5.74, 6) is 0.586. The molecule has 1 aliphatic heterocycles. The number of likely N-dealkylation sites (N-methyl/N-ethyl adjacent to an activating group) is 1. The lowest BCUT2D eigenvalue weighted by atomic mass is 9.89. The van der Waals surface area contributed by atoms with E-state index in [0.29, 0.717) is 29.4 Å². The number of piperazine rings is 1. The second kappa shape index (κ2) is 10.7. The van der Waals surface area contributed by atoms with Crippen LogP contribution in [-0.4, -0.2) is 73.6 Å². The summed E-state index contributed by atoms with van der Waals surface area (Å²) in [6.45, 7) is 4.65. The fourth-order valence-electron chi connectivity index (χ4n) is 6.41. The lowest BCUT2D eigenvalue weighted by Crippen LogP contribution is -2.49. The van der Waals surface area contributed by atoms with Crippen LogP contribution < -0.4 is 11.1 Å². The van der Waals surface area contributed by atoms with Gasteiger partial charge in [-0.2, -0.15) is 0 Å². The maximum absolute atomic E-state index is 13.7. The minimum atomic E-state index is -0.322. The highest BCUT2D eigenvalue weighted by Crippen LogP contribution is 2.39. The fourth-order valence-corrected chi connectivity index (χ4v) is 6.41. The summed E-state index contributed by atoms with van der Waals surface area (Å²) < 4.78 is 16.0. The van der Waals surface area contributed by atoms with Gasteiger partial charge in [0, 0.05) is 73.4 Å². The molecule has 41 heavy (non-hydrogen) atoms. The monoisotopic (exact) mass is 551 g/mol. The number of anilines is 3.